The number of carbonyl (C=O) groups excluding carboxylic acids is 1. The third-order valence-corrected chi connectivity index (χ3v) is 3.45. The first kappa shape index (κ1) is 13.2. The molecule has 2 aromatic rings. The molecule has 0 saturated carbocycles. The molecule has 0 aliphatic rings. The molecule has 0 bridgehead atoms. The number of aromatic nitrogens is 2. The fourth-order valence-corrected chi connectivity index (χ4v) is 2.61. The van der Waals surface area contributed by atoms with E-state index in [1.807, 2.05) is 6.07 Å². The minimum atomic E-state index is -0.560. The standard InChI is InChI=1S/C11H9ClIN3O2/c1-18-11(17)9-10(14)16(5-15-9)8-3-2-6(12)4-7(8)13/h2-5H,14H2,1H3. The summed E-state index contributed by atoms with van der Waals surface area (Å²) in [4.78, 5) is 15.4. The van der Waals surface area contributed by atoms with Crippen LogP contribution < -0.4 is 5.73 Å². The van der Waals surface area contributed by atoms with Gasteiger partial charge in [-0.1, -0.05) is 11.6 Å². The lowest BCUT2D eigenvalue weighted by molar-refractivity contribution is 0.0596. The van der Waals surface area contributed by atoms with Gasteiger partial charge in [-0.2, -0.15) is 0 Å². The Kier molecular flexibility index (Phi) is 3.76. The van der Waals surface area contributed by atoms with Crippen molar-refractivity contribution in [2.75, 3.05) is 12.8 Å². The zero-order valence-corrected chi connectivity index (χ0v) is 12.3. The van der Waals surface area contributed by atoms with Crippen LogP contribution in [0.2, 0.25) is 5.02 Å². The van der Waals surface area contributed by atoms with E-state index >= 15 is 0 Å². The monoisotopic (exact) mass is 377 g/mol. The Morgan fingerprint density at radius 2 is 2.28 bits per heavy atom. The number of hydrogen-bond acceptors (Lipinski definition) is 4. The molecule has 0 radical (unpaired) electrons. The minimum Gasteiger partial charge on any atom is -0.464 e. The lowest BCUT2D eigenvalue weighted by Gasteiger charge is -2.08. The molecule has 0 unspecified atom stereocenters. The van der Waals surface area contributed by atoms with Crippen LogP contribution in [0.4, 0.5) is 5.82 Å². The topological polar surface area (TPSA) is 70.1 Å². The first-order chi connectivity index (χ1) is 8.54. The first-order valence-electron chi connectivity index (χ1n) is 4.91. The van der Waals surface area contributed by atoms with Gasteiger partial charge in [0.15, 0.2) is 5.69 Å². The van der Waals surface area contributed by atoms with Crippen molar-refractivity contribution in [3.63, 3.8) is 0 Å². The SMILES string of the molecule is COC(=O)c1ncn(-c2ccc(Cl)cc2I)c1N. The van der Waals surface area contributed by atoms with Crippen LogP contribution in [0.1, 0.15) is 10.5 Å². The number of nitrogens with two attached hydrogens (primary N) is 1. The second-order valence-electron chi connectivity index (χ2n) is 3.44. The highest BCUT2D eigenvalue weighted by Crippen LogP contribution is 2.25. The molecule has 0 amide bonds. The molecule has 18 heavy (non-hydrogen) atoms. The number of halogens is 2. The molecule has 2 N–H and O–H groups in total. The van der Waals surface area contributed by atoms with Crippen LogP contribution in [0.25, 0.3) is 5.69 Å². The molecule has 0 atom stereocenters. The number of rotatable bonds is 2. The van der Waals surface area contributed by atoms with Crippen molar-refractivity contribution in [1.29, 1.82) is 0 Å². The molecule has 1 heterocycles. The van der Waals surface area contributed by atoms with Crippen LogP contribution in [-0.2, 0) is 4.74 Å². The number of esters is 1. The van der Waals surface area contributed by atoms with Crippen molar-refractivity contribution >= 4 is 46.0 Å². The molecule has 1 aromatic carbocycles. The van der Waals surface area contributed by atoms with Crippen molar-refractivity contribution in [3.8, 4) is 5.69 Å². The van der Waals surface area contributed by atoms with Gasteiger partial charge < -0.3 is 10.5 Å². The van der Waals surface area contributed by atoms with Gasteiger partial charge in [-0.3, -0.25) is 4.57 Å². The lowest BCUT2D eigenvalue weighted by atomic mass is 10.3. The summed E-state index contributed by atoms with van der Waals surface area (Å²) in [6.45, 7) is 0. The number of anilines is 1. The molecular weight excluding hydrogens is 368 g/mol. The van der Waals surface area contributed by atoms with E-state index in [1.165, 1.54) is 13.4 Å². The molecule has 0 aliphatic heterocycles. The van der Waals surface area contributed by atoms with Gasteiger partial charge in [0.2, 0.25) is 0 Å². The van der Waals surface area contributed by atoms with Gasteiger partial charge in [-0.25, -0.2) is 9.78 Å². The van der Waals surface area contributed by atoms with E-state index in [0.29, 0.717) is 5.02 Å². The molecule has 1 aromatic heterocycles. The van der Waals surface area contributed by atoms with Crippen molar-refractivity contribution < 1.29 is 9.53 Å². The molecule has 0 aliphatic carbocycles. The van der Waals surface area contributed by atoms with Gasteiger partial charge in [0, 0.05) is 8.59 Å². The lowest BCUT2D eigenvalue weighted by Crippen LogP contribution is -2.08. The average molecular weight is 378 g/mol. The fraction of sp³-hybridized carbons (Fsp3) is 0.0909. The molecular formula is C11H9ClIN3O2. The Labute approximate surface area is 122 Å². The maximum Gasteiger partial charge on any atom is 0.360 e. The van der Waals surface area contributed by atoms with Crippen molar-refractivity contribution in [3.05, 3.63) is 38.8 Å². The third kappa shape index (κ3) is 2.30. The van der Waals surface area contributed by atoms with Gasteiger partial charge in [-0.15, -0.1) is 0 Å². The van der Waals surface area contributed by atoms with E-state index in [9.17, 15) is 4.79 Å². The largest absolute Gasteiger partial charge is 0.464 e. The molecule has 7 heteroatoms. The average Bonchev–Trinajstić information content (AvgIpc) is 2.70. The number of nitrogen functional groups attached to an aromatic ring is 1. The van der Waals surface area contributed by atoms with Crippen LogP contribution >= 0.6 is 34.2 Å². The summed E-state index contributed by atoms with van der Waals surface area (Å²) in [6.07, 6.45) is 1.48. The highest BCUT2D eigenvalue weighted by Gasteiger charge is 2.17. The van der Waals surface area contributed by atoms with E-state index in [1.54, 1.807) is 16.7 Å². The Balaban J connectivity index is 2.52. The number of imidazole rings is 1. The van der Waals surface area contributed by atoms with E-state index in [2.05, 4.69) is 32.3 Å². The van der Waals surface area contributed by atoms with Crippen molar-refractivity contribution in [2.24, 2.45) is 0 Å². The van der Waals surface area contributed by atoms with Gasteiger partial charge in [0.1, 0.15) is 12.1 Å². The van der Waals surface area contributed by atoms with Crippen LogP contribution in [0.5, 0.6) is 0 Å². The highest BCUT2D eigenvalue weighted by atomic mass is 127. The molecule has 0 spiro atoms. The summed E-state index contributed by atoms with van der Waals surface area (Å²) in [5, 5.41) is 0.634. The smallest absolute Gasteiger partial charge is 0.360 e. The van der Waals surface area contributed by atoms with Gasteiger partial charge in [0.05, 0.1) is 12.8 Å². The van der Waals surface area contributed by atoms with E-state index in [4.69, 9.17) is 17.3 Å². The van der Waals surface area contributed by atoms with E-state index in [0.717, 1.165) is 9.26 Å². The predicted octanol–water partition coefficient (Wildman–Crippen LogP) is 2.50. The maximum absolute atomic E-state index is 11.4. The summed E-state index contributed by atoms with van der Waals surface area (Å²) < 4.78 is 7.12. The zero-order valence-electron chi connectivity index (χ0n) is 9.35. The quantitative estimate of drug-likeness (QED) is 0.645. The van der Waals surface area contributed by atoms with Crippen LogP contribution in [0.15, 0.2) is 24.5 Å². The molecule has 0 fully saturated rings. The summed E-state index contributed by atoms with van der Waals surface area (Å²) >= 11 is 8.02. The number of nitrogens with zero attached hydrogens (tertiary/aromatic N) is 2. The third-order valence-electron chi connectivity index (χ3n) is 2.35. The molecule has 5 nitrogen and oxygen atoms in total. The summed E-state index contributed by atoms with van der Waals surface area (Å²) in [5.74, 6) is -0.322. The summed E-state index contributed by atoms with van der Waals surface area (Å²) in [5.41, 5.74) is 6.79. The van der Waals surface area contributed by atoms with Crippen molar-refractivity contribution in [2.45, 2.75) is 0 Å². The maximum atomic E-state index is 11.4. The van der Waals surface area contributed by atoms with E-state index < -0.39 is 5.97 Å². The van der Waals surface area contributed by atoms with Crippen LogP contribution in [-0.4, -0.2) is 22.6 Å². The number of hydrogen-bond donors (Lipinski definition) is 1. The zero-order chi connectivity index (χ0) is 13.3. The van der Waals surface area contributed by atoms with Crippen LogP contribution in [0, 0.1) is 3.57 Å². The van der Waals surface area contributed by atoms with Gasteiger partial charge in [0.25, 0.3) is 0 Å². The predicted molar refractivity (Wildman–Crippen MR) is 77.0 cm³/mol. The highest BCUT2D eigenvalue weighted by molar-refractivity contribution is 14.1. The fourth-order valence-electron chi connectivity index (χ4n) is 1.48. The summed E-state index contributed by atoms with van der Waals surface area (Å²) in [6, 6.07) is 5.36. The Hall–Kier alpha value is -1.28. The van der Waals surface area contributed by atoms with Crippen LogP contribution in [0.3, 0.4) is 0 Å². The number of carbonyl (C=O) groups is 1. The Morgan fingerprint density at radius 1 is 1.56 bits per heavy atom. The second kappa shape index (κ2) is 5.15. The minimum absolute atomic E-state index is 0.100. The molecule has 0 saturated heterocycles. The normalized spacial score (nSPS) is 10.4. The number of ether oxygens (including phenoxy) is 1. The van der Waals surface area contributed by atoms with Gasteiger partial charge in [-0.05, 0) is 40.8 Å². The second-order valence-corrected chi connectivity index (χ2v) is 5.03. The summed E-state index contributed by atoms with van der Waals surface area (Å²) in [7, 11) is 1.28. The number of methoxy groups -OCH3 is 1. The van der Waals surface area contributed by atoms with Gasteiger partial charge >= 0.3 is 5.97 Å². The Morgan fingerprint density at radius 3 is 2.89 bits per heavy atom. The number of benzene rings is 1. The first-order valence-corrected chi connectivity index (χ1v) is 6.37. The van der Waals surface area contributed by atoms with Crippen molar-refractivity contribution in [1.82, 2.24) is 9.55 Å². The van der Waals surface area contributed by atoms with E-state index in [-0.39, 0.29) is 11.5 Å². The molecule has 2 rings (SSSR count). The Bertz CT molecular complexity index is 612. The molecule has 94 valence electrons.